The maximum Gasteiger partial charge on any atom is 0.147 e. The second-order valence-electron chi connectivity index (χ2n) is 4.04. The Hall–Kier alpha value is -0.900. The van der Waals surface area contributed by atoms with E-state index in [1.807, 2.05) is 37.3 Å². The van der Waals surface area contributed by atoms with Gasteiger partial charge in [0.05, 0.1) is 19.3 Å². The molecule has 0 fully saturated rings. The van der Waals surface area contributed by atoms with Crippen molar-refractivity contribution in [3.05, 3.63) is 35.9 Å². The molecular formula is C13H20O3. The van der Waals surface area contributed by atoms with Gasteiger partial charge >= 0.3 is 0 Å². The third kappa shape index (κ3) is 5.26. The lowest BCUT2D eigenvalue weighted by Crippen LogP contribution is -2.19. The summed E-state index contributed by atoms with van der Waals surface area (Å²) in [6, 6.07) is 9.96. The molecular weight excluding hydrogens is 204 g/mol. The zero-order valence-corrected chi connectivity index (χ0v) is 9.93. The fourth-order valence-electron chi connectivity index (χ4n) is 1.17. The normalized spacial score (nSPS) is 14.7. The molecule has 0 aliphatic carbocycles. The fraction of sp³-hybridized carbons (Fsp3) is 0.538. The Bertz CT molecular complexity index is 272. The van der Waals surface area contributed by atoms with Gasteiger partial charge in [-0.25, -0.2) is 0 Å². The summed E-state index contributed by atoms with van der Waals surface area (Å²) < 4.78 is 10.6. The summed E-state index contributed by atoms with van der Waals surface area (Å²) in [5.74, 6) is 0.139. The Kier molecular flexibility index (Phi) is 6.08. The van der Waals surface area contributed by atoms with Gasteiger partial charge in [0.2, 0.25) is 0 Å². The minimum atomic E-state index is -0.339. The van der Waals surface area contributed by atoms with E-state index in [0.29, 0.717) is 13.2 Å². The SMILES string of the molecule is CC(O)C(C)COCOCc1ccccc1. The molecule has 0 saturated carbocycles. The van der Waals surface area contributed by atoms with E-state index in [0.717, 1.165) is 5.56 Å². The Morgan fingerprint density at radius 1 is 1.12 bits per heavy atom. The van der Waals surface area contributed by atoms with Crippen LogP contribution in [0.25, 0.3) is 0 Å². The minimum Gasteiger partial charge on any atom is -0.393 e. The zero-order valence-electron chi connectivity index (χ0n) is 9.93. The molecule has 0 heterocycles. The fourth-order valence-corrected chi connectivity index (χ4v) is 1.17. The number of aliphatic hydroxyl groups is 1. The topological polar surface area (TPSA) is 38.7 Å². The Labute approximate surface area is 97.0 Å². The van der Waals surface area contributed by atoms with Crippen molar-refractivity contribution in [3.8, 4) is 0 Å². The van der Waals surface area contributed by atoms with Gasteiger partial charge in [-0.15, -0.1) is 0 Å². The van der Waals surface area contributed by atoms with E-state index < -0.39 is 0 Å². The highest BCUT2D eigenvalue weighted by atomic mass is 16.7. The molecule has 0 aromatic heterocycles. The molecule has 1 aromatic carbocycles. The van der Waals surface area contributed by atoms with Gasteiger partial charge in [0.1, 0.15) is 6.79 Å². The maximum atomic E-state index is 9.23. The van der Waals surface area contributed by atoms with Gasteiger partial charge < -0.3 is 14.6 Å². The van der Waals surface area contributed by atoms with E-state index >= 15 is 0 Å². The second kappa shape index (κ2) is 7.39. The van der Waals surface area contributed by atoms with E-state index in [9.17, 15) is 5.11 Å². The number of benzene rings is 1. The van der Waals surface area contributed by atoms with Crippen molar-refractivity contribution < 1.29 is 14.6 Å². The van der Waals surface area contributed by atoms with E-state index in [-0.39, 0.29) is 18.8 Å². The van der Waals surface area contributed by atoms with E-state index in [1.165, 1.54) is 0 Å². The standard InChI is InChI=1S/C13H20O3/c1-11(12(2)14)8-15-10-16-9-13-6-4-3-5-7-13/h3-7,11-12,14H,8-10H2,1-2H3. The molecule has 0 saturated heterocycles. The van der Waals surface area contributed by atoms with Crippen LogP contribution < -0.4 is 0 Å². The molecule has 0 aliphatic heterocycles. The number of aliphatic hydroxyl groups excluding tert-OH is 1. The summed E-state index contributed by atoms with van der Waals surface area (Å²) in [6.07, 6.45) is -0.339. The smallest absolute Gasteiger partial charge is 0.147 e. The van der Waals surface area contributed by atoms with Gasteiger partial charge in [0.25, 0.3) is 0 Å². The zero-order chi connectivity index (χ0) is 11.8. The van der Waals surface area contributed by atoms with Crippen molar-refractivity contribution in [1.29, 1.82) is 0 Å². The highest BCUT2D eigenvalue weighted by Gasteiger charge is 2.07. The minimum absolute atomic E-state index is 0.139. The molecule has 1 rings (SSSR count). The van der Waals surface area contributed by atoms with Crippen molar-refractivity contribution in [2.45, 2.75) is 26.6 Å². The van der Waals surface area contributed by atoms with E-state index in [1.54, 1.807) is 6.92 Å². The Balaban J connectivity index is 2.04. The third-order valence-corrected chi connectivity index (χ3v) is 2.48. The first-order valence-electron chi connectivity index (χ1n) is 5.57. The van der Waals surface area contributed by atoms with Crippen LogP contribution in [0.1, 0.15) is 19.4 Å². The molecule has 3 nitrogen and oxygen atoms in total. The number of rotatable bonds is 7. The van der Waals surface area contributed by atoms with Crippen LogP contribution in [0.4, 0.5) is 0 Å². The van der Waals surface area contributed by atoms with Gasteiger partial charge in [0, 0.05) is 5.92 Å². The summed E-state index contributed by atoms with van der Waals surface area (Å²) in [4.78, 5) is 0. The largest absolute Gasteiger partial charge is 0.393 e. The molecule has 2 unspecified atom stereocenters. The lowest BCUT2D eigenvalue weighted by atomic mass is 10.1. The van der Waals surface area contributed by atoms with Gasteiger partial charge in [-0.05, 0) is 12.5 Å². The van der Waals surface area contributed by atoms with Gasteiger partial charge in [0.15, 0.2) is 0 Å². The lowest BCUT2D eigenvalue weighted by molar-refractivity contribution is -0.0798. The second-order valence-corrected chi connectivity index (χ2v) is 4.04. The molecule has 90 valence electrons. The van der Waals surface area contributed by atoms with Crippen LogP contribution in [-0.4, -0.2) is 24.6 Å². The van der Waals surface area contributed by atoms with Crippen molar-refractivity contribution in [1.82, 2.24) is 0 Å². The van der Waals surface area contributed by atoms with E-state index in [2.05, 4.69) is 0 Å². The van der Waals surface area contributed by atoms with E-state index in [4.69, 9.17) is 9.47 Å². The highest BCUT2D eigenvalue weighted by Crippen LogP contribution is 2.03. The number of hydrogen-bond donors (Lipinski definition) is 1. The van der Waals surface area contributed by atoms with Gasteiger partial charge in [-0.2, -0.15) is 0 Å². The maximum absolute atomic E-state index is 9.23. The predicted molar refractivity (Wildman–Crippen MR) is 62.9 cm³/mol. The first-order chi connectivity index (χ1) is 7.70. The van der Waals surface area contributed by atoms with Crippen LogP contribution in [0.3, 0.4) is 0 Å². The van der Waals surface area contributed by atoms with Gasteiger partial charge in [-0.1, -0.05) is 37.3 Å². The summed E-state index contributed by atoms with van der Waals surface area (Å²) in [7, 11) is 0. The molecule has 2 atom stereocenters. The predicted octanol–water partition coefficient (Wildman–Crippen LogP) is 2.19. The monoisotopic (exact) mass is 224 g/mol. The number of ether oxygens (including phenoxy) is 2. The lowest BCUT2D eigenvalue weighted by Gasteiger charge is -2.14. The summed E-state index contributed by atoms with van der Waals surface area (Å²) >= 11 is 0. The first-order valence-corrected chi connectivity index (χ1v) is 5.57. The first kappa shape index (κ1) is 13.2. The quantitative estimate of drug-likeness (QED) is 0.570. The molecule has 0 radical (unpaired) electrons. The average molecular weight is 224 g/mol. The van der Waals surface area contributed by atoms with Crippen LogP contribution >= 0.6 is 0 Å². The van der Waals surface area contributed by atoms with Crippen LogP contribution in [0, 0.1) is 5.92 Å². The Morgan fingerprint density at radius 3 is 2.44 bits per heavy atom. The molecule has 0 amide bonds. The van der Waals surface area contributed by atoms with Gasteiger partial charge in [-0.3, -0.25) is 0 Å². The summed E-state index contributed by atoms with van der Waals surface area (Å²) in [6.45, 7) is 5.06. The van der Waals surface area contributed by atoms with Crippen LogP contribution in [-0.2, 0) is 16.1 Å². The van der Waals surface area contributed by atoms with Crippen LogP contribution in [0.15, 0.2) is 30.3 Å². The molecule has 0 bridgehead atoms. The molecule has 0 spiro atoms. The summed E-state index contributed by atoms with van der Waals surface area (Å²) in [5, 5.41) is 9.23. The molecule has 1 N–H and O–H groups in total. The highest BCUT2D eigenvalue weighted by molar-refractivity contribution is 5.13. The van der Waals surface area contributed by atoms with Crippen molar-refractivity contribution in [2.75, 3.05) is 13.4 Å². The van der Waals surface area contributed by atoms with Crippen LogP contribution in [0.5, 0.6) is 0 Å². The van der Waals surface area contributed by atoms with Crippen molar-refractivity contribution in [2.24, 2.45) is 5.92 Å². The molecule has 0 aliphatic rings. The average Bonchev–Trinajstić information content (AvgIpc) is 2.29. The molecule has 3 heteroatoms. The number of hydrogen-bond acceptors (Lipinski definition) is 3. The van der Waals surface area contributed by atoms with Crippen molar-refractivity contribution >= 4 is 0 Å². The third-order valence-electron chi connectivity index (χ3n) is 2.48. The molecule has 1 aromatic rings. The summed E-state index contributed by atoms with van der Waals surface area (Å²) in [5.41, 5.74) is 1.13. The van der Waals surface area contributed by atoms with Crippen LogP contribution in [0.2, 0.25) is 0 Å². The molecule has 16 heavy (non-hydrogen) atoms. The van der Waals surface area contributed by atoms with Crippen molar-refractivity contribution in [3.63, 3.8) is 0 Å². The Morgan fingerprint density at radius 2 is 1.81 bits per heavy atom.